The van der Waals surface area contributed by atoms with Gasteiger partial charge in [-0.25, -0.2) is 0 Å². The Bertz CT molecular complexity index is 1150. The average molecular weight is 528 g/mol. The third kappa shape index (κ3) is 4.62. The topological polar surface area (TPSA) is 107 Å². The van der Waals surface area contributed by atoms with E-state index in [0.717, 1.165) is 30.4 Å². The Morgan fingerprint density at radius 2 is 1.63 bits per heavy atom. The summed E-state index contributed by atoms with van der Waals surface area (Å²) in [5, 5.41) is 22.1. The minimum absolute atomic E-state index is 0.0704. The number of carbonyl (C=O) groups excluding carboxylic acids is 1. The van der Waals surface area contributed by atoms with Gasteiger partial charge in [-0.3, -0.25) is 4.79 Å². The summed E-state index contributed by atoms with van der Waals surface area (Å²) in [7, 11) is 4.65. The van der Waals surface area contributed by atoms with Crippen LogP contribution >= 0.6 is 0 Å². The molecule has 1 heterocycles. The highest BCUT2D eigenvalue weighted by Crippen LogP contribution is 2.54. The molecule has 1 aliphatic heterocycles. The Labute approximate surface area is 223 Å². The minimum atomic E-state index is -1.05. The maximum Gasteiger partial charge on any atom is 0.231 e. The van der Waals surface area contributed by atoms with Gasteiger partial charge in [-0.2, -0.15) is 0 Å². The number of aliphatic hydroxyl groups is 2. The summed E-state index contributed by atoms with van der Waals surface area (Å²) in [6, 6.07) is 7.31. The molecule has 0 radical (unpaired) electrons. The smallest absolute Gasteiger partial charge is 0.231 e. The fraction of sp³-hybridized carbons (Fsp3) is 0.552. The van der Waals surface area contributed by atoms with Crippen molar-refractivity contribution in [2.24, 2.45) is 17.8 Å². The van der Waals surface area contributed by atoms with E-state index in [1.807, 2.05) is 23.1 Å². The largest absolute Gasteiger partial charge is 0.493 e. The third-order valence-corrected chi connectivity index (χ3v) is 7.98. The number of amides is 1. The fourth-order valence-corrected chi connectivity index (χ4v) is 5.96. The van der Waals surface area contributed by atoms with Crippen LogP contribution in [0.4, 0.5) is 0 Å². The number of hydrogen-bond acceptors (Lipinski definition) is 8. The predicted octanol–water partition coefficient (Wildman–Crippen LogP) is 3.49. The molecular weight excluding hydrogens is 490 g/mol. The molecule has 3 aliphatic rings. The first kappa shape index (κ1) is 26.4. The van der Waals surface area contributed by atoms with Crippen molar-refractivity contribution in [2.45, 2.75) is 38.2 Å². The van der Waals surface area contributed by atoms with E-state index in [-0.39, 0.29) is 19.3 Å². The molecule has 2 aromatic carbocycles. The van der Waals surface area contributed by atoms with Gasteiger partial charge in [0, 0.05) is 31.5 Å². The Balaban J connectivity index is 1.71. The van der Waals surface area contributed by atoms with Crippen LogP contribution in [0, 0.1) is 17.8 Å². The quantitative estimate of drug-likeness (QED) is 0.484. The van der Waals surface area contributed by atoms with E-state index in [9.17, 15) is 15.0 Å². The van der Waals surface area contributed by atoms with Crippen LogP contribution in [0.2, 0.25) is 0 Å². The van der Waals surface area contributed by atoms with Gasteiger partial charge in [-0.1, -0.05) is 6.92 Å². The van der Waals surface area contributed by atoms with Crippen LogP contribution in [0.5, 0.6) is 28.7 Å². The number of aliphatic hydroxyl groups excluding tert-OH is 2. The third-order valence-electron chi connectivity index (χ3n) is 7.98. The summed E-state index contributed by atoms with van der Waals surface area (Å²) >= 11 is 0. The first-order chi connectivity index (χ1) is 18.4. The number of carbonyl (C=O) groups is 1. The van der Waals surface area contributed by atoms with E-state index >= 15 is 0 Å². The highest BCUT2D eigenvalue weighted by molar-refractivity contribution is 5.82. The number of benzene rings is 2. The summed E-state index contributed by atoms with van der Waals surface area (Å²) in [5.41, 5.74) is 2.12. The molecule has 1 saturated carbocycles. The van der Waals surface area contributed by atoms with Crippen molar-refractivity contribution >= 4 is 5.91 Å². The van der Waals surface area contributed by atoms with Crippen molar-refractivity contribution in [3.63, 3.8) is 0 Å². The Hall–Kier alpha value is -3.17. The molecule has 1 amide bonds. The minimum Gasteiger partial charge on any atom is -0.493 e. The molecule has 0 saturated heterocycles. The van der Waals surface area contributed by atoms with Crippen LogP contribution in [0.25, 0.3) is 0 Å². The average Bonchev–Trinajstić information content (AvgIpc) is 3.64. The van der Waals surface area contributed by atoms with Gasteiger partial charge < -0.3 is 38.8 Å². The monoisotopic (exact) mass is 527 g/mol. The number of fused-ring (bicyclic) bond motifs is 2. The molecule has 2 aliphatic carbocycles. The molecule has 206 valence electrons. The SMILES string of the molecule is CCCN(CC1CC1)C(=O)[C@@H]1[C@H](c2cc(OC)c(OC)c(OC)c2)c2cc3c(cc2[C@H](O)[C@H]1CO)OCO3. The standard InChI is InChI=1S/C29H37NO8/c1-5-8-30(13-16-6-7-16)29(33)26-20(14-31)27(32)19-12-22-21(37-15-38-22)11-18(19)25(26)17-9-23(34-2)28(36-4)24(10-17)35-3/h9-12,16,20,25-27,31-32H,5-8,13-15H2,1-4H3/t20-,25+,26-,27-/m0/s1. The molecule has 5 rings (SSSR count). The van der Waals surface area contributed by atoms with E-state index < -0.39 is 23.9 Å². The van der Waals surface area contributed by atoms with Crippen molar-refractivity contribution < 1.29 is 38.7 Å². The number of hydrogen-bond donors (Lipinski definition) is 2. The lowest BCUT2D eigenvalue weighted by Crippen LogP contribution is -2.47. The first-order valence-electron chi connectivity index (χ1n) is 13.3. The van der Waals surface area contributed by atoms with Crippen LogP contribution in [0.1, 0.15) is 54.9 Å². The normalized spacial score (nSPS) is 23.5. The van der Waals surface area contributed by atoms with Gasteiger partial charge >= 0.3 is 0 Å². The number of nitrogens with zero attached hydrogens (tertiary/aromatic N) is 1. The van der Waals surface area contributed by atoms with Crippen LogP contribution in [-0.2, 0) is 4.79 Å². The van der Waals surface area contributed by atoms with E-state index in [1.165, 1.54) is 0 Å². The second kappa shape index (κ2) is 10.9. The first-order valence-corrected chi connectivity index (χ1v) is 13.3. The highest BCUT2D eigenvalue weighted by atomic mass is 16.7. The van der Waals surface area contributed by atoms with Crippen molar-refractivity contribution in [3.8, 4) is 28.7 Å². The van der Waals surface area contributed by atoms with E-state index in [0.29, 0.717) is 53.3 Å². The van der Waals surface area contributed by atoms with Crippen LogP contribution in [0.15, 0.2) is 24.3 Å². The second-order valence-corrected chi connectivity index (χ2v) is 10.3. The molecule has 0 unspecified atom stereocenters. The summed E-state index contributed by atoms with van der Waals surface area (Å²) in [5.74, 6) is 0.944. The van der Waals surface area contributed by atoms with Gasteiger partial charge in [0.25, 0.3) is 0 Å². The Morgan fingerprint density at radius 3 is 2.16 bits per heavy atom. The molecule has 0 bridgehead atoms. The lowest BCUT2D eigenvalue weighted by atomic mass is 9.64. The molecule has 38 heavy (non-hydrogen) atoms. The number of rotatable bonds is 10. The molecule has 4 atom stereocenters. The summed E-state index contributed by atoms with van der Waals surface area (Å²) in [6.45, 7) is 3.10. The van der Waals surface area contributed by atoms with Crippen LogP contribution in [0.3, 0.4) is 0 Å². The predicted molar refractivity (Wildman–Crippen MR) is 139 cm³/mol. The zero-order valence-corrected chi connectivity index (χ0v) is 22.4. The molecule has 1 fully saturated rings. The Morgan fingerprint density at radius 1 is 1.00 bits per heavy atom. The number of methoxy groups -OCH3 is 3. The van der Waals surface area contributed by atoms with Crippen molar-refractivity contribution in [1.82, 2.24) is 4.90 Å². The lowest BCUT2D eigenvalue weighted by molar-refractivity contribution is -0.142. The molecule has 9 nitrogen and oxygen atoms in total. The lowest BCUT2D eigenvalue weighted by Gasteiger charge is -2.43. The summed E-state index contributed by atoms with van der Waals surface area (Å²) in [6.07, 6.45) is 2.00. The van der Waals surface area contributed by atoms with Gasteiger partial charge in [0.1, 0.15) is 0 Å². The Kier molecular flexibility index (Phi) is 7.59. The van der Waals surface area contributed by atoms with Gasteiger partial charge in [0.2, 0.25) is 18.4 Å². The van der Waals surface area contributed by atoms with Gasteiger partial charge in [0.05, 0.1) is 33.4 Å². The van der Waals surface area contributed by atoms with E-state index in [1.54, 1.807) is 27.4 Å². The maximum absolute atomic E-state index is 14.4. The number of ether oxygens (including phenoxy) is 5. The zero-order valence-electron chi connectivity index (χ0n) is 22.4. The van der Waals surface area contributed by atoms with Crippen molar-refractivity contribution in [1.29, 1.82) is 0 Å². The molecular formula is C29H37NO8. The molecule has 0 aromatic heterocycles. The van der Waals surface area contributed by atoms with Crippen molar-refractivity contribution in [3.05, 3.63) is 41.0 Å². The van der Waals surface area contributed by atoms with Gasteiger partial charge in [-0.15, -0.1) is 0 Å². The summed E-state index contributed by atoms with van der Waals surface area (Å²) < 4.78 is 28.1. The van der Waals surface area contributed by atoms with Gasteiger partial charge in [0.15, 0.2) is 23.0 Å². The molecule has 9 heteroatoms. The highest BCUT2D eigenvalue weighted by Gasteiger charge is 2.49. The fourth-order valence-electron chi connectivity index (χ4n) is 5.96. The van der Waals surface area contributed by atoms with E-state index in [4.69, 9.17) is 23.7 Å². The maximum atomic E-state index is 14.4. The molecule has 0 spiro atoms. The summed E-state index contributed by atoms with van der Waals surface area (Å²) in [4.78, 5) is 16.3. The molecule has 2 aromatic rings. The van der Waals surface area contributed by atoms with E-state index in [2.05, 4.69) is 6.92 Å². The van der Waals surface area contributed by atoms with Crippen LogP contribution in [-0.4, -0.2) is 68.8 Å². The second-order valence-electron chi connectivity index (χ2n) is 10.3. The zero-order chi connectivity index (χ0) is 27.0. The van der Waals surface area contributed by atoms with Crippen LogP contribution < -0.4 is 23.7 Å². The van der Waals surface area contributed by atoms with Crippen molar-refractivity contribution in [2.75, 3.05) is 47.8 Å². The molecule has 2 N–H and O–H groups in total. The van der Waals surface area contributed by atoms with Gasteiger partial charge in [-0.05, 0) is 66.1 Å².